The van der Waals surface area contributed by atoms with Crippen LogP contribution in [0, 0.1) is 13.8 Å². The molecule has 0 saturated heterocycles. The molecule has 0 bridgehead atoms. The highest BCUT2D eigenvalue weighted by Crippen LogP contribution is 2.13. The van der Waals surface area contributed by atoms with Crippen LogP contribution >= 0.6 is 0 Å². The first-order chi connectivity index (χ1) is 10.6. The van der Waals surface area contributed by atoms with Crippen LogP contribution in [0.25, 0.3) is 0 Å². The molecule has 0 spiro atoms. The quantitative estimate of drug-likeness (QED) is 0.514. The number of anilines is 1. The molecule has 6 heteroatoms. The van der Waals surface area contributed by atoms with Gasteiger partial charge in [-0.3, -0.25) is 14.6 Å². The number of amides is 2. The molecule has 2 aromatic rings. The fourth-order valence-corrected chi connectivity index (χ4v) is 1.67. The van der Waals surface area contributed by atoms with Gasteiger partial charge in [0.15, 0.2) is 0 Å². The van der Waals surface area contributed by atoms with Gasteiger partial charge in [-0.05, 0) is 54.8 Å². The predicted molar refractivity (Wildman–Crippen MR) is 84.5 cm³/mol. The van der Waals surface area contributed by atoms with E-state index in [1.54, 1.807) is 36.7 Å². The minimum atomic E-state index is -0.830. The summed E-state index contributed by atoms with van der Waals surface area (Å²) in [4.78, 5) is 27.2. The van der Waals surface area contributed by atoms with Gasteiger partial charge in [0.25, 0.3) is 0 Å². The molecule has 22 heavy (non-hydrogen) atoms. The highest BCUT2D eigenvalue weighted by molar-refractivity contribution is 6.39. The standard InChI is InChI=1S/C16H16N4O2/c1-11-3-4-14(9-12(11)2)19-15(21)16(22)20-18-10-13-5-7-17-8-6-13/h3-10H,1-2H3,(H,19,21)(H,20,22)/b18-10-. The van der Waals surface area contributed by atoms with Crippen molar-refractivity contribution in [3.8, 4) is 0 Å². The number of aryl methyl sites for hydroxylation is 2. The van der Waals surface area contributed by atoms with Crippen LogP contribution in [0.4, 0.5) is 5.69 Å². The van der Waals surface area contributed by atoms with Crippen molar-refractivity contribution in [3.63, 3.8) is 0 Å². The molecule has 0 aliphatic heterocycles. The highest BCUT2D eigenvalue weighted by atomic mass is 16.2. The second kappa shape index (κ2) is 7.12. The van der Waals surface area contributed by atoms with Crippen molar-refractivity contribution >= 4 is 23.7 Å². The van der Waals surface area contributed by atoms with Gasteiger partial charge in [0.2, 0.25) is 0 Å². The number of pyridine rings is 1. The largest absolute Gasteiger partial charge is 0.329 e. The van der Waals surface area contributed by atoms with Crippen molar-refractivity contribution in [3.05, 3.63) is 59.4 Å². The summed E-state index contributed by atoms with van der Waals surface area (Å²) in [5, 5.41) is 6.25. The third-order valence-electron chi connectivity index (χ3n) is 3.06. The van der Waals surface area contributed by atoms with E-state index in [0.29, 0.717) is 5.69 Å². The zero-order valence-corrected chi connectivity index (χ0v) is 12.3. The molecule has 2 N–H and O–H groups in total. The molecule has 0 aliphatic rings. The third-order valence-corrected chi connectivity index (χ3v) is 3.06. The summed E-state index contributed by atoms with van der Waals surface area (Å²) < 4.78 is 0. The van der Waals surface area contributed by atoms with Crippen molar-refractivity contribution in [2.24, 2.45) is 5.10 Å². The summed E-state index contributed by atoms with van der Waals surface area (Å²) in [5.74, 6) is -1.60. The maximum absolute atomic E-state index is 11.7. The Morgan fingerprint density at radius 3 is 2.45 bits per heavy atom. The second-order valence-corrected chi connectivity index (χ2v) is 4.73. The van der Waals surface area contributed by atoms with Gasteiger partial charge >= 0.3 is 11.8 Å². The molecule has 1 aromatic carbocycles. The van der Waals surface area contributed by atoms with E-state index in [4.69, 9.17) is 0 Å². The number of benzene rings is 1. The normalized spacial score (nSPS) is 10.5. The first-order valence-electron chi connectivity index (χ1n) is 6.68. The van der Waals surface area contributed by atoms with E-state index < -0.39 is 11.8 Å². The maximum atomic E-state index is 11.7. The molecule has 6 nitrogen and oxygen atoms in total. The van der Waals surface area contributed by atoms with Crippen LogP contribution in [-0.2, 0) is 9.59 Å². The molecular formula is C16H16N4O2. The summed E-state index contributed by atoms with van der Waals surface area (Å²) in [6.07, 6.45) is 4.65. The van der Waals surface area contributed by atoms with Crippen LogP contribution in [0.3, 0.4) is 0 Å². The average molecular weight is 296 g/mol. The SMILES string of the molecule is Cc1ccc(NC(=O)C(=O)N/N=C\c2ccncc2)cc1C. The van der Waals surface area contributed by atoms with Gasteiger partial charge in [0.05, 0.1) is 6.21 Å². The molecule has 1 heterocycles. The topological polar surface area (TPSA) is 83.5 Å². The summed E-state index contributed by atoms with van der Waals surface area (Å²) in [6, 6.07) is 8.88. The predicted octanol–water partition coefficient (Wildman–Crippen LogP) is 1.79. The Bertz CT molecular complexity index is 711. The minimum Gasteiger partial charge on any atom is -0.318 e. The molecule has 1 aromatic heterocycles. The smallest absolute Gasteiger partial charge is 0.318 e. The van der Waals surface area contributed by atoms with Crippen LogP contribution in [0.15, 0.2) is 47.8 Å². The number of hydrogen-bond acceptors (Lipinski definition) is 4. The molecule has 0 saturated carbocycles. The van der Waals surface area contributed by atoms with Gasteiger partial charge in [0.1, 0.15) is 0 Å². The monoisotopic (exact) mass is 296 g/mol. The van der Waals surface area contributed by atoms with Gasteiger partial charge in [-0.15, -0.1) is 0 Å². The fourth-order valence-electron chi connectivity index (χ4n) is 1.67. The first-order valence-corrected chi connectivity index (χ1v) is 6.68. The van der Waals surface area contributed by atoms with E-state index in [1.807, 2.05) is 19.9 Å². The van der Waals surface area contributed by atoms with E-state index in [2.05, 4.69) is 20.8 Å². The minimum absolute atomic E-state index is 0.571. The molecule has 2 amide bonds. The van der Waals surface area contributed by atoms with Crippen molar-refractivity contribution < 1.29 is 9.59 Å². The van der Waals surface area contributed by atoms with Crippen LogP contribution in [0.5, 0.6) is 0 Å². The van der Waals surface area contributed by atoms with E-state index in [1.165, 1.54) is 6.21 Å². The molecule has 0 unspecified atom stereocenters. The number of aromatic nitrogens is 1. The lowest BCUT2D eigenvalue weighted by Gasteiger charge is -2.06. The third kappa shape index (κ3) is 4.24. The maximum Gasteiger partial charge on any atom is 0.329 e. The molecule has 112 valence electrons. The molecule has 0 fully saturated rings. The number of rotatable bonds is 3. The summed E-state index contributed by atoms with van der Waals surface area (Å²) >= 11 is 0. The van der Waals surface area contributed by atoms with Crippen molar-refractivity contribution in [2.45, 2.75) is 13.8 Å². The van der Waals surface area contributed by atoms with Crippen LogP contribution in [-0.4, -0.2) is 23.0 Å². The Labute approximate surface area is 128 Å². The zero-order valence-electron chi connectivity index (χ0n) is 12.3. The molecule has 0 aliphatic carbocycles. The van der Waals surface area contributed by atoms with Crippen LogP contribution < -0.4 is 10.7 Å². The summed E-state index contributed by atoms with van der Waals surface area (Å²) in [5.41, 5.74) is 5.67. The van der Waals surface area contributed by atoms with Crippen LogP contribution in [0.2, 0.25) is 0 Å². The Morgan fingerprint density at radius 1 is 1.05 bits per heavy atom. The Hall–Kier alpha value is -3.02. The lowest BCUT2D eigenvalue weighted by molar-refractivity contribution is -0.136. The first kappa shape index (κ1) is 15.4. The fraction of sp³-hybridized carbons (Fsp3) is 0.125. The van der Waals surface area contributed by atoms with Gasteiger partial charge in [0, 0.05) is 18.1 Å². The number of nitrogens with zero attached hydrogens (tertiary/aromatic N) is 2. The van der Waals surface area contributed by atoms with Gasteiger partial charge in [-0.2, -0.15) is 5.10 Å². The lowest BCUT2D eigenvalue weighted by Crippen LogP contribution is -2.32. The van der Waals surface area contributed by atoms with Crippen molar-refractivity contribution in [1.82, 2.24) is 10.4 Å². The van der Waals surface area contributed by atoms with Crippen molar-refractivity contribution in [1.29, 1.82) is 0 Å². The van der Waals surface area contributed by atoms with Gasteiger partial charge in [-0.1, -0.05) is 6.07 Å². The molecule has 0 atom stereocenters. The van der Waals surface area contributed by atoms with E-state index in [-0.39, 0.29) is 0 Å². The van der Waals surface area contributed by atoms with E-state index in [9.17, 15) is 9.59 Å². The number of carbonyl (C=O) groups is 2. The average Bonchev–Trinajstić information content (AvgIpc) is 2.52. The molecular weight excluding hydrogens is 280 g/mol. The Balaban J connectivity index is 1.90. The van der Waals surface area contributed by atoms with Gasteiger partial charge < -0.3 is 5.32 Å². The Morgan fingerprint density at radius 2 is 1.77 bits per heavy atom. The van der Waals surface area contributed by atoms with Crippen LogP contribution in [0.1, 0.15) is 16.7 Å². The summed E-state index contributed by atoms with van der Waals surface area (Å²) in [7, 11) is 0. The van der Waals surface area contributed by atoms with Crippen molar-refractivity contribution in [2.75, 3.05) is 5.32 Å². The number of nitrogens with one attached hydrogen (secondary N) is 2. The summed E-state index contributed by atoms with van der Waals surface area (Å²) in [6.45, 7) is 3.91. The van der Waals surface area contributed by atoms with Gasteiger partial charge in [-0.25, -0.2) is 5.43 Å². The number of hydrogen-bond donors (Lipinski definition) is 2. The Kier molecular flexibility index (Phi) is 4.98. The number of hydrazone groups is 1. The second-order valence-electron chi connectivity index (χ2n) is 4.73. The highest BCUT2D eigenvalue weighted by Gasteiger charge is 2.12. The lowest BCUT2D eigenvalue weighted by atomic mass is 10.1. The zero-order chi connectivity index (χ0) is 15.9. The molecule has 0 radical (unpaired) electrons. The number of carbonyl (C=O) groups excluding carboxylic acids is 2. The van der Waals surface area contributed by atoms with E-state index >= 15 is 0 Å². The van der Waals surface area contributed by atoms with E-state index in [0.717, 1.165) is 16.7 Å². The molecule has 2 rings (SSSR count).